The minimum absolute atomic E-state index is 0.111. The SMILES string of the molecule is CC(C)c1ncc(C(=O)N2CC[C@](O)(CN(C)C)C2)cn1. The van der Waals surface area contributed by atoms with Crippen molar-refractivity contribution < 1.29 is 9.90 Å². The van der Waals surface area contributed by atoms with Gasteiger partial charge in [-0.05, 0) is 20.5 Å². The summed E-state index contributed by atoms with van der Waals surface area (Å²) in [6.07, 6.45) is 3.75. The van der Waals surface area contributed by atoms with Gasteiger partial charge in [0.1, 0.15) is 5.82 Å². The number of nitrogens with zero attached hydrogens (tertiary/aromatic N) is 4. The molecule has 1 aromatic rings. The molecule has 0 unspecified atom stereocenters. The van der Waals surface area contributed by atoms with Crippen molar-refractivity contribution in [3.8, 4) is 0 Å². The summed E-state index contributed by atoms with van der Waals surface area (Å²) in [5.74, 6) is 0.864. The molecule has 1 saturated heterocycles. The van der Waals surface area contributed by atoms with Gasteiger partial charge in [0.2, 0.25) is 0 Å². The Labute approximate surface area is 125 Å². The van der Waals surface area contributed by atoms with Crippen molar-refractivity contribution in [3.05, 3.63) is 23.8 Å². The van der Waals surface area contributed by atoms with E-state index in [-0.39, 0.29) is 11.8 Å². The molecule has 1 N–H and O–H groups in total. The molecule has 0 saturated carbocycles. The molecule has 6 heteroatoms. The standard InChI is InChI=1S/C15H24N4O2/c1-11(2)13-16-7-12(8-17-13)14(20)19-6-5-15(21,10-19)9-18(3)4/h7-8,11,21H,5-6,9-10H2,1-4H3/t15-/m0/s1. The van der Waals surface area contributed by atoms with Crippen LogP contribution in [0.1, 0.15) is 42.4 Å². The number of likely N-dealkylation sites (tertiary alicyclic amines) is 1. The predicted molar refractivity (Wildman–Crippen MR) is 80.1 cm³/mol. The third kappa shape index (κ3) is 3.77. The largest absolute Gasteiger partial charge is 0.387 e. The Morgan fingerprint density at radius 2 is 2.05 bits per heavy atom. The molecule has 1 aliphatic heterocycles. The first-order valence-electron chi connectivity index (χ1n) is 7.29. The molecule has 0 spiro atoms. The molecule has 1 fully saturated rings. The van der Waals surface area contributed by atoms with Crippen LogP contribution in [0.2, 0.25) is 0 Å². The Bertz CT molecular complexity index is 501. The third-order valence-corrected chi connectivity index (χ3v) is 3.67. The van der Waals surface area contributed by atoms with E-state index in [0.29, 0.717) is 31.6 Å². The van der Waals surface area contributed by atoms with E-state index in [9.17, 15) is 9.90 Å². The number of hydrogen-bond donors (Lipinski definition) is 1. The van der Waals surface area contributed by atoms with Crippen LogP contribution in [0.5, 0.6) is 0 Å². The van der Waals surface area contributed by atoms with E-state index in [2.05, 4.69) is 9.97 Å². The highest BCUT2D eigenvalue weighted by atomic mass is 16.3. The number of amides is 1. The third-order valence-electron chi connectivity index (χ3n) is 3.67. The van der Waals surface area contributed by atoms with Gasteiger partial charge in [-0.3, -0.25) is 4.79 Å². The van der Waals surface area contributed by atoms with Crippen molar-refractivity contribution in [3.63, 3.8) is 0 Å². The van der Waals surface area contributed by atoms with Crippen molar-refractivity contribution in [1.82, 2.24) is 19.8 Å². The van der Waals surface area contributed by atoms with Gasteiger partial charge in [-0.15, -0.1) is 0 Å². The number of hydrogen-bond acceptors (Lipinski definition) is 5. The van der Waals surface area contributed by atoms with Crippen LogP contribution in [-0.4, -0.2) is 70.1 Å². The Hall–Kier alpha value is -1.53. The molecule has 116 valence electrons. The number of carbonyl (C=O) groups is 1. The van der Waals surface area contributed by atoms with Crippen molar-refractivity contribution >= 4 is 5.91 Å². The number of likely N-dealkylation sites (N-methyl/N-ethyl adjacent to an activating group) is 1. The Morgan fingerprint density at radius 1 is 1.43 bits per heavy atom. The molecule has 0 aliphatic carbocycles. The van der Waals surface area contributed by atoms with Crippen LogP contribution in [-0.2, 0) is 0 Å². The van der Waals surface area contributed by atoms with E-state index in [0.717, 1.165) is 5.82 Å². The molecule has 1 aromatic heterocycles. The first-order valence-corrected chi connectivity index (χ1v) is 7.29. The predicted octanol–water partition coefficient (Wildman–Crippen LogP) is 0.739. The van der Waals surface area contributed by atoms with Crippen LogP contribution in [0.3, 0.4) is 0 Å². The summed E-state index contributed by atoms with van der Waals surface area (Å²) in [6.45, 7) is 5.50. The fourth-order valence-electron chi connectivity index (χ4n) is 2.68. The van der Waals surface area contributed by atoms with Crippen molar-refractivity contribution in [2.45, 2.75) is 31.8 Å². The number of aromatic nitrogens is 2. The Morgan fingerprint density at radius 3 is 2.57 bits per heavy atom. The van der Waals surface area contributed by atoms with Gasteiger partial charge in [-0.25, -0.2) is 9.97 Å². The summed E-state index contributed by atoms with van der Waals surface area (Å²) in [5, 5.41) is 10.5. The maximum absolute atomic E-state index is 12.4. The van der Waals surface area contributed by atoms with Crippen molar-refractivity contribution in [2.75, 3.05) is 33.7 Å². The van der Waals surface area contributed by atoms with Gasteiger partial charge in [-0.2, -0.15) is 0 Å². The fraction of sp³-hybridized carbons (Fsp3) is 0.667. The van der Waals surface area contributed by atoms with Crippen LogP contribution in [0.4, 0.5) is 0 Å². The zero-order chi connectivity index (χ0) is 15.6. The number of carbonyl (C=O) groups excluding carboxylic acids is 1. The molecular weight excluding hydrogens is 268 g/mol. The average molecular weight is 292 g/mol. The second-order valence-corrected chi connectivity index (χ2v) is 6.42. The summed E-state index contributed by atoms with van der Waals surface area (Å²) in [7, 11) is 3.84. The minimum Gasteiger partial charge on any atom is -0.387 e. The molecule has 1 amide bonds. The van der Waals surface area contributed by atoms with E-state index < -0.39 is 5.60 Å². The van der Waals surface area contributed by atoms with Gasteiger partial charge >= 0.3 is 0 Å². The van der Waals surface area contributed by atoms with Crippen molar-refractivity contribution in [2.24, 2.45) is 0 Å². The fourth-order valence-corrected chi connectivity index (χ4v) is 2.68. The lowest BCUT2D eigenvalue weighted by Crippen LogP contribution is -2.43. The molecule has 1 atom stereocenters. The van der Waals surface area contributed by atoms with Gasteiger partial charge in [0.05, 0.1) is 17.7 Å². The van der Waals surface area contributed by atoms with Crippen molar-refractivity contribution in [1.29, 1.82) is 0 Å². The first-order chi connectivity index (χ1) is 9.81. The Balaban J connectivity index is 2.04. The van der Waals surface area contributed by atoms with E-state index in [1.165, 1.54) is 0 Å². The monoisotopic (exact) mass is 292 g/mol. The first kappa shape index (κ1) is 15.9. The summed E-state index contributed by atoms with van der Waals surface area (Å²) in [5.41, 5.74) is -0.341. The molecule has 1 aliphatic rings. The number of rotatable bonds is 4. The molecular formula is C15H24N4O2. The number of aliphatic hydroxyl groups is 1. The van der Waals surface area contributed by atoms with Crippen LogP contribution in [0, 0.1) is 0 Å². The zero-order valence-corrected chi connectivity index (χ0v) is 13.2. The van der Waals surface area contributed by atoms with Crippen LogP contribution < -0.4 is 0 Å². The Kier molecular flexibility index (Phi) is 4.58. The highest BCUT2D eigenvalue weighted by Crippen LogP contribution is 2.23. The van der Waals surface area contributed by atoms with E-state index in [1.54, 1.807) is 17.3 Å². The lowest BCUT2D eigenvalue weighted by Gasteiger charge is -2.26. The van der Waals surface area contributed by atoms with E-state index in [4.69, 9.17) is 0 Å². The van der Waals surface area contributed by atoms with Gasteiger partial charge in [0, 0.05) is 31.4 Å². The maximum Gasteiger partial charge on any atom is 0.257 e. The lowest BCUT2D eigenvalue weighted by molar-refractivity contribution is 0.0236. The van der Waals surface area contributed by atoms with Crippen LogP contribution >= 0.6 is 0 Å². The quantitative estimate of drug-likeness (QED) is 0.886. The van der Waals surface area contributed by atoms with Gasteiger partial charge < -0.3 is 14.9 Å². The second kappa shape index (κ2) is 6.07. The molecule has 0 radical (unpaired) electrons. The zero-order valence-electron chi connectivity index (χ0n) is 13.2. The maximum atomic E-state index is 12.4. The van der Waals surface area contributed by atoms with E-state index >= 15 is 0 Å². The van der Waals surface area contributed by atoms with Crippen LogP contribution in [0.25, 0.3) is 0 Å². The topological polar surface area (TPSA) is 69.6 Å². The molecule has 0 aromatic carbocycles. The molecule has 6 nitrogen and oxygen atoms in total. The van der Waals surface area contributed by atoms with Gasteiger partial charge in [0.25, 0.3) is 5.91 Å². The summed E-state index contributed by atoms with van der Waals surface area (Å²) in [6, 6.07) is 0. The second-order valence-electron chi connectivity index (χ2n) is 6.42. The highest BCUT2D eigenvalue weighted by molar-refractivity contribution is 5.93. The highest BCUT2D eigenvalue weighted by Gasteiger charge is 2.38. The molecule has 2 heterocycles. The summed E-state index contributed by atoms with van der Waals surface area (Å²) in [4.78, 5) is 24.5. The summed E-state index contributed by atoms with van der Waals surface area (Å²) < 4.78 is 0. The minimum atomic E-state index is -0.822. The average Bonchev–Trinajstić information content (AvgIpc) is 2.79. The van der Waals surface area contributed by atoms with Gasteiger partial charge in [-0.1, -0.05) is 13.8 Å². The summed E-state index contributed by atoms with van der Waals surface area (Å²) >= 11 is 0. The number of β-amino-alcohol motifs (C(OH)–C–C–N with tert-alkyl or cyclic N) is 1. The van der Waals surface area contributed by atoms with Gasteiger partial charge in [0.15, 0.2) is 0 Å². The molecule has 2 rings (SSSR count). The van der Waals surface area contributed by atoms with Crippen LogP contribution in [0.15, 0.2) is 12.4 Å². The lowest BCUT2D eigenvalue weighted by atomic mass is 10.0. The normalized spacial score (nSPS) is 22.3. The molecule has 21 heavy (non-hydrogen) atoms. The molecule has 0 bridgehead atoms. The smallest absolute Gasteiger partial charge is 0.257 e. The van der Waals surface area contributed by atoms with E-state index in [1.807, 2.05) is 32.8 Å².